The Balaban J connectivity index is 1.48. The quantitative estimate of drug-likeness (QED) is 0.0435. The molecule has 0 N–H and O–H groups in total. The first-order valence-electron chi connectivity index (χ1n) is 16.4. The summed E-state index contributed by atoms with van der Waals surface area (Å²) >= 11 is 0. The van der Waals surface area contributed by atoms with E-state index in [1.54, 1.807) is 12.1 Å². The van der Waals surface area contributed by atoms with E-state index >= 15 is 13.2 Å². The number of rotatable bonds is 16. The molecule has 0 aliphatic carbocycles. The number of hydrogen-bond donors (Lipinski definition) is 0. The van der Waals surface area contributed by atoms with E-state index in [-0.39, 0.29) is 16.9 Å². The molecule has 16 heteroatoms. The third kappa shape index (κ3) is 9.29. The molecule has 11 nitrogen and oxygen atoms in total. The topological polar surface area (TPSA) is 134 Å². The Morgan fingerprint density at radius 2 is 1.58 bits per heavy atom. The van der Waals surface area contributed by atoms with Crippen LogP contribution >= 0.6 is 7.82 Å². The van der Waals surface area contributed by atoms with Crippen LogP contribution in [0.15, 0.2) is 117 Å². The standard InChI is InChI=1S/C37H29F4N6O5P/c1-3-19-50-53(48,51-20-4-2)52-36(25-47-26-44-45-46-47,33-17-14-31(38)21-34(33)39)37(40,41)35-18-13-29(23-43-35)8-5-27-11-15-32(16-12-27)49-24-30-9-6-28(22-42)7-10-30/h3-4,6-7,9-18,21,23,26H,1-2,19-20,24-25H2/t36-/m0/s1/i24D2. The molecule has 2 heterocycles. The Kier molecular flexibility index (Phi) is 11.4. The highest BCUT2D eigenvalue weighted by Crippen LogP contribution is 2.61. The molecule has 53 heavy (non-hydrogen) atoms. The van der Waals surface area contributed by atoms with E-state index in [4.69, 9.17) is 26.3 Å². The molecule has 5 rings (SSSR count). The fraction of sp³-hybridized carbons (Fsp3) is 0.162. The Morgan fingerprint density at radius 3 is 2.17 bits per heavy atom. The van der Waals surface area contributed by atoms with Gasteiger partial charge in [-0.15, -0.1) is 18.3 Å². The van der Waals surface area contributed by atoms with E-state index in [9.17, 15) is 8.96 Å². The molecular formula is C37H29F4N6O5P. The maximum absolute atomic E-state index is 17.2. The lowest BCUT2D eigenvalue weighted by molar-refractivity contribution is -0.201. The smallest absolute Gasteiger partial charge is 0.476 e. The second-order valence-corrected chi connectivity index (χ2v) is 12.4. The number of pyridine rings is 1. The molecular weight excluding hydrogens is 715 g/mol. The molecule has 0 aliphatic heterocycles. The Labute approximate surface area is 304 Å². The number of tetrazole rings is 1. The predicted octanol–water partition coefficient (Wildman–Crippen LogP) is 7.41. The first-order chi connectivity index (χ1) is 26.2. The number of aromatic nitrogens is 5. The van der Waals surface area contributed by atoms with Gasteiger partial charge in [-0.05, 0) is 76.7 Å². The lowest BCUT2D eigenvalue weighted by Crippen LogP contribution is -2.49. The number of halogens is 4. The van der Waals surface area contributed by atoms with Crippen LogP contribution in [-0.4, -0.2) is 38.4 Å². The average molecular weight is 747 g/mol. The maximum atomic E-state index is 17.2. The van der Waals surface area contributed by atoms with Crippen molar-refractivity contribution in [2.75, 3.05) is 13.2 Å². The van der Waals surface area contributed by atoms with E-state index in [0.29, 0.717) is 29.3 Å². The minimum atomic E-state index is -5.05. The van der Waals surface area contributed by atoms with Crippen molar-refractivity contribution in [3.63, 3.8) is 0 Å². The van der Waals surface area contributed by atoms with Gasteiger partial charge in [0.1, 0.15) is 36.0 Å². The first-order valence-corrected chi connectivity index (χ1v) is 16.8. The minimum absolute atomic E-state index is 0.172. The van der Waals surface area contributed by atoms with Gasteiger partial charge in [-0.3, -0.25) is 18.6 Å². The van der Waals surface area contributed by atoms with E-state index in [1.165, 1.54) is 42.5 Å². The van der Waals surface area contributed by atoms with Crippen LogP contribution in [-0.2, 0) is 42.8 Å². The number of phosphoric acid groups is 1. The molecule has 0 amide bonds. The summed E-state index contributed by atoms with van der Waals surface area (Å²) in [7, 11) is -5.05. The number of nitriles is 1. The van der Waals surface area contributed by atoms with Crippen molar-refractivity contribution in [3.05, 3.63) is 162 Å². The molecule has 5 aromatic rings. The molecule has 0 bridgehead atoms. The highest BCUT2D eigenvalue weighted by atomic mass is 31.2. The second kappa shape index (κ2) is 17.0. The molecule has 2 aromatic heterocycles. The van der Waals surface area contributed by atoms with Gasteiger partial charge >= 0.3 is 13.7 Å². The first kappa shape index (κ1) is 35.4. The van der Waals surface area contributed by atoms with Crippen LogP contribution in [0.4, 0.5) is 17.6 Å². The number of ether oxygens (including phenoxy) is 1. The lowest BCUT2D eigenvalue weighted by Gasteiger charge is -2.41. The van der Waals surface area contributed by atoms with Crippen molar-refractivity contribution in [2.24, 2.45) is 0 Å². The molecule has 0 fully saturated rings. The van der Waals surface area contributed by atoms with Crippen LogP contribution in [0.3, 0.4) is 0 Å². The summed E-state index contributed by atoms with van der Waals surface area (Å²) in [5.41, 5.74) is -4.12. The van der Waals surface area contributed by atoms with Crippen LogP contribution in [0.5, 0.6) is 5.75 Å². The summed E-state index contributed by atoms with van der Waals surface area (Å²) in [6.07, 6.45) is 4.24. The van der Waals surface area contributed by atoms with Crippen LogP contribution in [0.25, 0.3) is 0 Å². The molecule has 270 valence electrons. The Morgan fingerprint density at radius 1 is 0.925 bits per heavy atom. The van der Waals surface area contributed by atoms with E-state index in [2.05, 4.69) is 45.5 Å². The van der Waals surface area contributed by atoms with Crippen LogP contribution in [0.1, 0.15) is 36.3 Å². The zero-order chi connectivity index (χ0) is 39.7. The number of phosphoric ester groups is 1. The lowest BCUT2D eigenvalue weighted by atomic mass is 9.84. The van der Waals surface area contributed by atoms with Crippen molar-refractivity contribution >= 4 is 7.82 Å². The van der Waals surface area contributed by atoms with Crippen molar-refractivity contribution in [2.45, 2.75) is 24.6 Å². The van der Waals surface area contributed by atoms with Crippen molar-refractivity contribution in [1.82, 2.24) is 25.2 Å². The van der Waals surface area contributed by atoms with Crippen molar-refractivity contribution in [1.29, 1.82) is 5.26 Å². The van der Waals surface area contributed by atoms with Gasteiger partial charge in [0.05, 0.1) is 34.1 Å². The minimum Gasteiger partial charge on any atom is -0.489 e. The number of benzene rings is 3. The molecule has 0 saturated heterocycles. The number of alkyl halides is 2. The summed E-state index contributed by atoms with van der Waals surface area (Å²) in [6.45, 7) is 2.59. The zero-order valence-electron chi connectivity index (χ0n) is 29.5. The highest BCUT2D eigenvalue weighted by molar-refractivity contribution is 7.48. The average Bonchev–Trinajstić information content (AvgIpc) is 3.69. The highest BCUT2D eigenvalue weighted by Gasteiger charge is 2.63. The van der Waals surface area contributed by atoms with Crippen molar-refractivity contribution in [3.8, 4) is 23.7 Å². The fourth-order valence-electron chi connectivity index (χ4n) is 4.70. The number of hydrogen-bond acceptors (Lipinski definition) is 10. The van der Waals surface area contributed by atoms with Crippen LogP contribution in [0.2, 0.25) is 0 Å². The largest absolute Gasteiger partial charge is 0.489 e. The molecule has 0 saturated carbocycles. The van der Waals surface area contributed by atoms with Crippen LogP contribution < -0.4 is 4.74 Å². The second-order valence-electron chi connectivity index (χ2n) is 10.8. The van der Waals surface area contributed by atoms with Crippen LogP contribution in [0, 0.1) is 34.8 Å². The predicted molar refractivity (Wildman–Crippen MR) is 183 cm³/mol. The molecule has 0 unspecified atom stereocenters. The summed E-state index contributed by atoms with van der Waals surface area (Å²) < 4.78 is 117. The third-order valence-corrected chi connectivity index (χ3v) is 8.68. The molecule has 0 spiro atoms. The summed E-state index contributed by atoms with van der Waals surface area (Å²) in [6, 6.07) is 17.8. The van der Waals surface area contributed by atoms with Gasteiger partial charge < -0.3 is 4.74 Å². The Hall–Kier alpha value is -5.96. The van der Waals surface area contributed by atoms with Gasteiger partial charge in [0.2, 0.25) is 0 Å². The van der Waals surface area contributed by atoms with Gasteiger partial charge in [0, 0.05) is 29.0 Å². The summed E-state index contributed by atoms with van der Waals surface area (Å²) in [5.74, 6) is -1.18. The zero-order valence-corrected chi connectivity index (χ0v) is 28.4. The fourth-order valence-corrected chi connectivity index (χ4v) is 6.11. The SMILES string of the molecule is [2H]C([2H])(Oc1ccc(C#Cc2ccc(C(F)(F)[C@@](Cn3cnnn3)(OP(=O)(OCC=C)OCC=C)c3ccc(F)cc3F)nc2)cc1)c1ccc(C#N)cc1. The van der Waals surface area contributed by atoms with Gasteiger partial charge in [0.25, 0.3) is 0 Å². The van der Waals surface area contributed by atoms with Gasteiger partial charge in [-0.1, -0.05) is 36.1 Å². The molecule has 1 atom stereocenters. The van der Waals surface area contributed by atoms with Gasteiger partial charge in [-0.25, -0.2) is 18.0 Å². The van der Waals surface area contributed by atoms with Gasteiger partial charge in [0.15, 0.2) is 5.60 Å². The van der Waals surface area contributed by atoms with Gasteiger partial charge in [-0.2, -0.15) is 14.0 Å². The third-order valence-electron chi connectivity index (χ3n) is 7.21. The molecule has 0 aliphatic rings. The Bertz CT molecular complexity index is 2270. The van der Waals surface area contributed by atoms with E-state index < -0.39 is 68.6 Å². The van der Waals surface area contributed by atoms with E-state index in [0.717, 1.165) is 35.4 Å². The van der Waals surface area contributed by atoms with E-state index in [1.807, 2.05) is 6.07 Å². The summed E-state index contributed by atoms with van der Waals surface area (Å²) in [5, 5.41) is 19.5. The normalized spacial score (nSPS) is 13.3. The molecule has 0 radical (unpaired) electrons. The molecule has 3 aromatic carbocycles. The monoisotopic (exact) mass is 746 g/mol. The van der Waals surface area contributed by atoms with Crippen molar-refractivity contribution < 1.29 is 43.2 Å². The maximum Gasteiger partial charge on any atom is 0.476 e. The summed E-state index contributed by atoms with van der Waals surface area (Å²) in [4.78, 5) is 3.91. The number of nitrogens with zero attached hydrogens (tertiary/aromatic N) is 6.